The molecule has 96 valence electrons. The number of nitrogens with one attached hydrogen (secondary N) is 1. The van der Waals surface area contributed by atoms with Gasteiger partial charge in [-0.2, -0.15) is 0 Å². The van der Waals surface area contributed by atoms with E-state index in [1.165, 1.54) is 7.11 Å². The van der Waals surface area contributed by atoms with Gasteiger partial charge in [0.15, 0.2) is 11.5 Å². The van der Waals surface area contributed by atoms with Crippen LogP contribution in [0.4, 0.5) is 0 Å². The van der Waals surface area contributed by atoms with Gasteiger partial charge in [-0.05, 0) is 17.7 Å². The predicted octanol–water partition coefficient (Wildman–Crippen LogP) is 0.891. The number of carbonyl (C=O) groups is 1. The number of hydrogen-bond acceptors (Lipinski definition) is 5. The summed E-state index contributed by atoms with van der Waals surface area (Å²) in [6.07, 6.45) is 0. The fourth-order valence-electron chi connectivity index (χ4n) is 2.57. The lowest BCUT2D eigenvalue weighted by Crippen LogP contribution is -2.22. The first-order valence-corrected chi connectivity index (χ1v) is 5.97. The van der Waals surface area contributed by atoms with E-state index in [-0.39, 0.29) is 24.6 Å². The van der Waals surface area contributed by atoms with Crippen molar-refractivity contribution < 1.29 is 19.0 Å². The molecule has 2 heterocycles. The van der Waals surface area contributed by atoms with Crippen molar-refractivity contribution in [1.82, 2.24) is 5.32 Å². The Morgan fingerprint density at radius 3 is 3.00 bits per heavy atom. The van der Waals surface area contributed by atoms with E-state index < -0.39 is 0 Å². The molecule has 0 spiro atoms. The summed E-state index contributed by atoms with van der Waals surface area (Å²) in [4.78, 5) is 11.7. The Morgan fingerprint density at radius 2 is 2.17 bits per heavy atom. The molecule has 1 fully saturated rings. The number of methoxy groups -OCH3 is 1. The average molecular weight is 249 g/mol. The quantitative estimate of drug-likeness (QED) is 0.789. The van der Waals surface area contributed by atoms with Gasteiger partial charge in [0.05, 0.1) is 13.0 Å². The van der Waals surface area contributed by atoms with Gasteiger partial charge in [-0.1, -0.05) is 6.07 Å². The Morgan fingerprint density at radius 1 is 1.33 bits per heavy atom. The molecule has 1 aromatic carbocycles. The Labute approximate surface area is 105 Å². The number of fused-ring (bicyclic) bond motifs is 1. The highest BCUT2D eigenvalue weighted by molar-refractivity contribution is 5.74. The third kappa shape index (κ3) is 1.80. The minimum atomic E-state index is -0.164. The van der Waals surface area contributed by atoms with E-state index in [9.17, 15) is 4.79 Å². The molecule has 0 aliphatic carbocycles. The topological polar surface area (TPSA) is 56.8 Å². The van der Waals surface area contributed by atoms with Crippen LogP contribution in [0, 0.1) is 5.92 Å². The minimum absolute atomic E-state index is 0.129. The molecule has 1 aromatic rings. The van der Waals surface area contributed by atoms with E-state index in [1.54, 1.807) is 0 Å². The lowest BCUT2D eigenvalue weighted by Gasteiger charge is -2.16. The zero-order valence-electron chi connectivity index (χ0n) is 10.1. The summed E-state index contributed by atoms with van der Waals surface area (Å²) in [5, 5.41) is 3.23. The molecular formula is C13H15NO4. The van der Waals surface area contributed by atoms with Crippen LogP contribution in [0.25, 0.3) is 0 Å². The van der Waals surface area contributed by atoms with Crippen LogP contribution < -0.4 is 14.8 Å². The molecule has 1 N–H and O–H groups in total. The van der Waals surface area contributed by atoms with E-state index in [0.29, 0.717) is 6.54 Å². The Balaban J connectivity index is 1.87. The molecule has 0 saturated carbocycles. The van der Waals surface area contributed by atoms with Gasteiger partial charge in [-0.15, -0.1) is 0 Å². The number of esters is 1. The van der Waals surface area contributed by atoms with E-state index in [1.807, 2.05) is 18.2 Å². The van der Waals surface area contributed by atoms with Crippen LogP contribution in [0.1, 0.15) is 11.5 Å². The van der Waals surface area contributed by atoms with Gasteiger partial charge in [0.2, 0.25) is 6.79 Å². The summed E-state index contributed by atoms with van der Waals surface area (Å²) in [5.74, 6) is 1.35. The molecule has 1 saturated heterocycles. The normalized spacial score (nSPS) is 25.2. The molecule has 5 heteroatoms. The van der Waals surface area contributed by atoms with Crippen LogP contribution in [-0.4, -0.2) is 33.0 Å². The van der Waals surface area contributed by atoms with Crippen molar-refractivity contribution in [2.45, 2.75) is 5.92 Å². The zero-order chi connectivity index (χ0) is 12.5. The van der Waals surface area contributed by atoms with Crippen LogP contribution >= 0.6 is 0 Å². The van der Waals surface area contributed by atoms with Crippen LogP contribution in [0.3, 0.4) is 0 Å². The summed E-state index contributed by atoms with van der Waals surface area (Å²) in [6, 6.07) is 5.83. The number of benzene rings is 1. The summed E-state index contributed by atoms with van der Waals surface area (Å²) in [7, 11) is 1.43. The molecule has 0 aromatic heterocycles. The van der Waals surface area contributed by atoms with Crippen molar-refractivity contribution in [1.29, 1.82) is 0 Å². The van der Waals surface area contributed by atoms with Gasteiger partial charge in [-0.25, -0.2) is 0 Å². The zero-order valence-corrected chi connectivity index (χ0v) is 10.1. The summed E-state index contributed by atoms with van der Waals surface area (Å²) in [5.41, 5.74) is 1.08. The van der Waals surface area contributed by atoms with Crippen LogP contribution in [0.2, 0.25) is 0 Å². The fraction of sp³-hybridized carbons (Fsp3) is 0.462. The van der Waals surface area contributed by atoms with Crippen molar-refractivity contribution in [3.8, 4) is 11.5 Å². The Hall–Kier alpha value is -1.75. The lowest BCUT2D eigenvalue weighted by molar-refractivity contribution is -0.145. The lowest BCUT2D eigenvalue weighted by atomic mass is 9.89. The fourth-order valence-corrected chi connectivity index (χ4v) is 2.57. The third-order valence-corrected chi connectivity index (χ3v) is 3.54. The molecule has 0 unspecified atom stereocenters. The van der Waals surface area contributed by atoms with Crippen LogP contribution in [0.15, 0.2) is 18.2 Å². The van der Waals surface area contributed by atoms with Gasteiger partial charge < -0.3 is 19.5 Å². The first-order chi connectivity index (χ1) is 8.79. The van der Waals surface area contributed by atoms with Crippen molar-refractivity contribution in [2.24, 2.45) is 5.92 Å². The van der Waals surface area contributed by atoms with E-state index in [0.717, 1.165) is 23.6 Å². The highest BCUT2D eigenvalue weighted by Crippen LogP contribution is 2.37. The van der Waals surface area contributed by atoms with Gasteiger partial charge in [0.25, 0.3) is 0 Å². The van der Waals surface area contributed by atoms with Gasteiger partial charge in [0.1, 0.15) is 0 Å². The molecular weight excluding hydrogens is 234 g/mol. The van der Waals surface area contributed by atoms with Crippen molar-refractivity contribution >= 4 is 5.97 Å². The predicted molar refractivity (Wildman–Crippen MR) is 63.7 cm³/mol. The van der Waals surface area contributed by atoms with Gasteiger partial charge >= 0.3 is 5.97 Å². The molecule has 18 heavy (non-hydrogen) atoms. The van der Waals surface area contributed by atoms with Crippen molar-refractivity contribution in [3.05, 3.63) is 23.8 Å². The second kappa shape index (κ2) is 4.49. The SMILES string of the molecule is COC(=O)[C@@H]1CNC[C@@H]1c1ccc2c(c1)OCO2. The van der Waals surface area contributed by atoms with Gasteiger partial charge in [0, 0.05) is 19.0 Å². The second-order valence-electron chi connectivity index (χ2n) is 4.51. The second-order valence-corrected chi connectivity index (χ2v) is 4.51. The number of carbonyl (C=O) groups excluding carboxylic acids is 1. The molecule has 2 atom stereocenters. The van der Waals surface area contributed by atoms with Crippen LogP contribution in [0.5, 0.6) is 11.5 Å². The van der Waals surface area contributed by atoms with E-state index in [2.05, 4.69) is 5.32 Å². The largest absolute Gasteiger partial charge is 0.469 e. The summed E-state index contributed by atoms with van der Waals surface area (Å²) < 4.78 is 15.5. The molecule has 5 nitrogen and oxygen atoms in total. The molecule has 0 bridgehead atoms. The van der Waals surface area contributed by atoms with E-state index in [4.69, 9.17) is 14.2 Å². The first kappa shape index (κ1) is 11.3. The summed E-state index contributed by atoms with van der Waals surface area (Å²) in [6.45, 7) is 1.70. The Kier molecular flexibility index (Phi) is 2.83. The maximum absolute atomic E-state index is 11.7. The molecule has 2 aliphatic rings. The minimum Gasteiger partial charge on any atom is -0.469 e. The van der Waals surface area contributed by atoms with Crippen molar-refractivity contribution in [3.63, 3.8) is 0 Å². The number of ether oxygens (including phenoxy) is 3. The van der Waals surface area contributed by atoms with Crippen LogP contribution in [-0.2, 0) is 9.53 Å². The third-order valence-electron chi connectivity index (χ3n) is 3.54. The highest BCUT2D eigenvalue weighted by atomic mass is 16.7. The molecule has 0 radical (unpaired) electrons. The maximum atomic E-state index is 11.7. The molecule has 0 amide bonds. The highest BCUT2D eigenvalue weighted by Gasteiger charge is 2.35. The average Bonchev–Trinajstić information content (AvgIpc) is 3.05. The molecule has 2 aliphatic heterocycles. The van der Waals surface area contributed by atoms with Gasteiger partial charge in [-0.3, -0.25) is 4.79 Å². The smallest absolute Gasteiger partial charge is 0.310 e. The maximum Gasteiger partial charge on any atom is 0.310 e. The number of hydrogen-bond donors (Lipinski definition) is 1. The van der Waals surface area contributed by atoms with Crippen molar-refractivity contribution in [2.75, 3.05) is 27.0 Å². The molecule has 3 rings (SSSR count). The Bertz CT molecular complexity index is 474. The first-order valence-electron chi connectivity index (χ1n) is 5.97. The monoisotopic (exact) mass is 249 g/mol. The standard InChI is InChI=1S/C13H15NO4/c1-16-13(15)10-6-14-5-9(10)8-2-3-11-12(4-8)18-7-17-11/h2-4,9-10,14H,5-7H2,1H3/t9-,10-/m1/s1. The summed E-state index contributed by atoms with van der Waals surface area (Å²) >= 11 is 0. The number of rotatable bonds is 2. The van der Waals surface area contributed by atoms with E-state index >= 15 is 0 Å².